The van der Waals surface area contributed by atoms with Gasteiger partial charge in [-0.2, -0.15) is 0 Å². The fraction of sp³-hybridized carbons (Fsp3) is 0.333. The van der Waals surface area contributed by atoms with Crippen molar-refractivity contribution in [2.45, 2.75) is 12.6 Å². The van der Waals surface area contributed by atoms with Gasteiger partial charge in [-0.1, -0.05) is 30.3 Å². The Morgan fingerprint density at radius 3 is 2.44 bits per heavy atom. The van der Waals surface area contributed by atoms with E-state index in [1.807, 2.05) is 24.3 Å². The van der Waals surface area contributed by atoms with Crippen LogP contribution in [0.4, 0.5) is 16.2 Å². The van der Waals surface area contributed by atoms with Crippen LogP contribution in [0.2, 0.25) is 0 Å². The van der Waals surface area contributed by atoms with Gasteiger partial charge in [-0.25, -0.2) is 9.79 Å². The van der Waals surface area contributed by atoms with E-state index < -0.39 is 0 Å². The first kappa shape index (κ1) is 16.3. The second-order valence-corrected chi connectivity index (χ2v) is 7.52. The van der Waals surface area contributed by atoms with Gasteiger partial charge in [-0.3, -0.25) is 9.80 Å². The summed E-state index contributed by atoms with van der Waals surface area (Å²) in [5.41, 5.74) is 2.73. The molecule has 0 aromatic heterocycles. The van der Waals surface area contributed by atoms with Crippen LogP contribution in [0.1, 0.15) is 12.5 Å². The molecule has 2 aromatic carbocycles. The number of nitrogens with zero attached hydrogens (tertiary/aromatic N) is 4. The number of rotatable bonds is 2. The largest absolute Gasteiger partial charge is 0.369 e. The number of para-hydroxylation sites is 2. The molecule has 2 aromatic rings. The van der Waals surface area contributed by atoms with Crippen molar-refractivity contribution in [1.29, 1.82) is 0 Å². The van der Waals surface area contributed by atoms with E-state index in [0.29, 0.717) is 6.54 Å². The van der Waals surface area contributed by atoms with Crippen LogP contribution in [-0.4, -0.2) is 60.1 Å². The molecule has 6 nitrogen and oxygen atoms in total. The number of fused-ring (bicyclic) bond motifs is 3. The number of nitrogens with one attached hydrogen (secondary N) is 1. The number of hydrogen-bond acceptors (Lipinski definition) is 4. The molecule has 138 valence electrons. The molecule has 3 heterocycles. The smallest absolute Gasteiger partial charge is 0.327 e. The van der Waals surface area contributed by atoms with Crippen LogP contribution in [0, 0.1) is 0 Å². The van der Waals surface area contributed by atoms with E-state index in [4.69, 9.17) is 4.99 Å². The fourth-order valence-corrected chi connectivity index (χ4v) is 4.30. The molecule has 1 fully saturated rings. The lowest BCUT2D eigenvalue weighted by atomic mass is 10.1. The quantitative estimate of drug-likeness (QED) is 0.895. The van der Waals surface area contributed by atoms with E-state index in [1.54, 1.807) is 4.90 Å². The number of amidine groups is 1. The monoisotopic (exact) mass is 361 g/mol. The molecule has 3 aliphatic rings. The molecule has 3 aliphatic heterocycles. The molecule has 1 unspecified atom stereocenters. The van der Waals surface area contributed by atoms with Gasteiger partial charge in [-0.05, 0) is 31.2 Å². The van der Waals surface area contributed by atoms with E-state index in [9.17, 15) is 4.79 Å². The predicted octanol–water partition coefficient (Wildman–Crippen LogP) is 2.83. The van der Waals surface area contributed by atoms with Crippen molar-refractivity contribution in [3.8, 4) is 0 Å². The van der Waals surface area contributed by atoms with Crippen LogP contribution in [0.25, 0.3) is 0 Å². The average molecular weight is 361 g/mol. The molecule has 2 amide bonds. The van der Waals surface area contributed by atoms with Crippen LogP contribution in [0.5, 0.6) is 0 Å². The Kier molecular flexibility index (Phi) is 3.68. The van der Waals surface area contributed by atoms with Crippen LogP contribution >= 0.6 is 0 Å². The van der Waals surface area contributed by atoms with E-state index in [0.717, 1.165) is 43.3 Å². The Morgan fingerprint density at radius 2 is 1.67 bits per heavy atom. The number of aliphatic imine (C=N–C) groups is 1. The molecular weight excluding hydrogens is 338 g/mol. The minimum atomic E-state index is -0.382. The highest BCUT2D eigenvalue weighted by Gasteiger charge is 2.45. The van der Waals surface area contributed by atoms with Gasteiger partial charge >= 0.3 is 6.03 Å². The number of hydrogen-bond donors (Lipinski definition) is 1. The third-order valence-corrected chi connectivity index (χ3v) is 5.80. The second-order valence-electron chi connectivity index (χ2n) is 7.52. The van der Waals surface area contributed by atoms with Crippen LogP contribution < -0.4 is 10.2 Å². The minimum Gasteiger partial charge on any atom is -0.369 e. The first-order chi connectivity index (χ1) is 13.1. The molecule has 1 N–H and O–H groups in total. The zero-order valence-electron chi connectivity index (χ0n) is 15.4. The maximum absolute atomic E-state index is 12.6. The highest BCUT2D eigenvalue weighted by molar-refractivity contribution is 6.19. The van der Waals surface area contributed by atoms with Gasteiger partial charge in [0.25, 0.3) is 0 Å². The van der Waals surface area contributed by atoms with Crippen LogP contribution in [0.15, 0.2) is 59.6 Å². The maximum Gasteiger partial charge on any atom is 0.327 e. The summed E-state index contributed by atoms with van der Waals surface area (Å²) >= 11 is 0. The molecule has 0 spiro atoms. The zero-order valence-corrected chi connectivity index (χ0v) is 15.4. The second kappa shape index (κ2) is 6.09. The number of carbonyl (C=O) groups is 1. The molecule has 0 aliphatic carbocycles. The zero-order chi connectivity index (χ0) is 18.4. The molecular formula is C21H23N5O. The van der Waals surface area contributed by atoms with Crippen molar-refractivity contribution in [1.82, 2.24) is 9.80 Å². The molecule has 27 heavy (non-hydrogen) atoms. The van der Waals surface area contributed by atoms with E-state index in [1.165, 1.54) is 5.69 Å². The average Bonchev–Trinajstić information content (AvgIpc) is 3.09. The molecule has 5 rings (SSSR count). The van der Waals surface area contributed by atoms with Gasteiger partial charge in [0.2, 0.25) is 0 Å². The number of amides is 2. The maximum atomic E-state index is 12.6. The highest BCUT2D eigenvalue weighted by Crippen LogP contribution is 2.34. The number of carbonyl (C=O) groups excluding carboxylic acids is 1. The Hall–Kier alpha value is -2.86. The third kappa shape index (κ3) is 2.68. The lowest BCUT2D eigenvalue weighted by Crippen LogP contribution is -2.57. The first-order valence-corrected chi connectivity index (χ1v) is 9.47. The Morgan fingerprint density at radius 1 is 0.963 bits per heavy atom. The van der Waals surface area contributed by atoms with Gasteiger partial charge in [0.05, 0.1) is 12.2 Å². The van der Waals surface area contributed by atoms with Crippen LogP contribution in [-0.2, 0) is 0 Å². The minimum absolute atomic E-state index is 0.0842. The summed E-state index contributed by atoms with van der Waals surface area (Å²) < 4.78 is 0. The summed E-state index contributed by atoms with van der Waals surface area (Å²) in [6.45, 7) is 6.53. The summed E-state index contributed by atoms with van der Waals surface area (Å²) in [6.07, 6.45) is 0. The van der Waals surface area contributed by atoms with E-state index in [2.05, 4.69) is 52.4 Å². The van der Waals surface area contributed by atoms with Gasteiger partial charge in [0.15, 0.2) is 0 Å². The predicted molar refractivity (Wildman–Crippen MR) is 107 cm³/mol. The van der Waals surface area contributed by atoms with E-state index >= 15 is 0 Å². The normalized spacial score (nSPS) is 24.9. The number of benzene rings is 2. The highest BCUT2D eigenvalue weighted by atomic mass is 16.2. The number of urea groups is 1. The number of anilines is 2. The van der Waals surface area contributed by atoms with Gasteiger partial charge in [-0.15, -0.1) is 0 Å². The van der Waals surface area contributed by atoms with Crippen molar-refractivity contribution in [3.05, 3.63) is 60.2 Å². The lowest BCUT2D eigenvalue weighted by Gasteiger charge is -2.43. The van der Waals surface area contributed by atoms with Crippen molar-refractivity contribution in [3.63, 3.8) is 0 Å². The van der Waals surface area contributed by atoms with Crippen molar-refractivity contribution < 1.29 is 4.79 Å². The summed E-state index contributed by atoms with van der Waals surface area (Å²) in [5, 5.41) is 2.98. The summed E-state index contributed by atoms with van der Waals surface area (Å²) in [4.78, 5) is 24.2. The van der Waals surface area contributed by atoms with Gasteiger partial charge in [0.1, 0.15) is 11.5 Å². The van der Waals surface area contributed by atoms with Crippen molar-refractivity contribution in [2.24, 2.45) is 4.99 Å². The SMILES string of the molecule is CC1(N2CCN(c3ccccc3)CC2)CN2C(=O)Nc3ccccc3C2=N1. The Balaban J connectivity index is 1.38. The summed E-state index contributed by atoms with van der Waals surface area (Å²) in [7, 11) is 0. The molecule has 6 heteroatoms. The lowest BCUT2D eigenvalue weighted by molar-refractivity contribution is 0.101. The fourth-order valence-electron chi connectivity index (χ4n) is 4.30. The van der Waals surface area contributed by atoms with Gasteiger partial charge in [0, 0.05) is 37.4 Å². The van der Waals surface area contributed by atoms with Gasteiger partial charge < -0.3 is 10.2 Å². The molecule has 0 bridgehead atoms. The molecule has 1 saturated heterocycles. The molecule has 0 saturated carbocycles. The Labute approximate surface area is 159 Å². The number of piperazine rings is 1. The standard InChI is InChI=1S/C21H23N5O/c1-21(25-13-11-24(12-14-25)16-7-3-2-4-8-16)15-26-19(23-21)17-9-5-6-10-18(17)22-20(26)27/h2-10H,11-15H2,1H3,(H,22,27). The first-order valence-electron chi connectivity index (χ1n) is 9.47. The molecule has 1 atom stereocenters. The van der Waals surface area contributed by atoms with Crippen molar-refractivity contribution >= 4 is 23.2 Å². The van der Waals surface area contributed by atoms with Crippen molar-refractivity contribution in [2.75, 3.05) is 42.9 Å². The Bertz CT molecular complexity index is 904. The topological polar surface area (TPSA) is 51.2 Å². The molecule has 0 radical (unpaired) electrons. The van der Waals surface area contributed by atoms with E-state index in [-0.39, 0.29) is 11.7 Å². The summed E-state index contributed by atoms with van der Waals surface area (Å²) in [6, 6.07) is 18.3. The summed E-state index contributed by atoms with van der Waals surface area (Å²) in [5.74, 6) is 0.794. The third-order valence-electron chi connectivity index (χ3n) is 5.80. The van der Waals surface area contributed by atoms with Crippen LogP contribution in [0.3, 0.4) is 0 Å².